The van der Waals surface area contributed by atoms with Crippen molar-refractivity contribution in [2.75, 3.05) is 5.73 Å². The van der Waals surface area contributed by atoms with E-state index in [0.717, 1.165) is 11.8 Å². The maximum Gasteiger partial charge on any atom is 0.314 e. The maximum atomic E-state index is 11.1. The van der Waals surface area contributed by atoms with E-state index in [1.807, 2.05) is 0 Å². The minimum Gasteiger partial charge on any atom is -0.481 e. The number of benzene rings is 1. The molecule has 0 radical (unpaired) electrons. The van der Waals surface area contributed by atoms with Crippen molar-refractivity contribution in [2.24, 2.45) is 0 Å². The zero-order valence-corrected chi connectivity index (χ0v) is 8.16. The summed E-state index contributed by atoms with van der Waals surface area (Å²) in [7, 11) is 0. The highest BCUT2D eigenvalue weighted by molar-refractivity contribution is 5.89. The number of anilines is 1. The molecule has 1 fully saturated rings. The average molecular weight is 204 g/mol. The molecule has 4 heteroatoms. The molecular weight excluding hydrogens is 192 g/mol. The van der Waals surface area contributed by atoms with Gasteiger partial charge in [0.2, 0.25) is 0 Å². The van der Waals surface area contributed by atoms with Crippen LogP contribution in [0.5, 0.6) is 0 Å². The predicted octanol–water partition coefficient (Wildman–Crippen LogP) is 1.38. The molecule has 4 nitrogen and oxygen atoms in total. The van der Waals surface area contributed by atoms with Gasteiger partial charge >= 0.3 is 5.97 Å². The Balaban J connectivity index is 2.46. The first-order chi connectivity index (χ1) is 7.10. The molecular formula is C11H12N2O2. The zero-order chi connectivity index (χ0) is 11.1. The molecule has 1 aliphatic carbocycles. The molecule has 78 valence electrons. The lowest BCUT2D eigenvalue weighted by Crippen LogP contribution is -2.19. The number of carboxylic acids is 1. The molecule has 1 aromatic carbocycles. The van der Waals surface area contributed by atoms with Crippen molar-refractivity contribution in [3.8, 4) is 0 Å². The number of nitrogens with one attached hydrogen (secondary N) is 1. The minimum absolute atomic E-state index is 0.509. The van der Waals surface area contributed by atoms with E-state index < -0.39 is 11.4 Å². The Labute approximate surface area is 87.2 Å². The van der Waals surface area contributed by atoms with Gasteiger partial charge in [0, 0.05) is 17.5 Å². The first-order valence-corrected chi connectivity index (χ1v) is 4.74. The van der Waals surface area contributed by atoms with E-state index in [2.05, 4.69) is 0 Å². The van der Waals surface area contributed by atoms with Gasteiger partial charge in [-0.15, -0.1) is 0 Å². The highest BCUT2D eigenvalue weighted by Gasteiger charge is 2.51. The van der Waals surface area contributed by atoms with Crippen molar-refractivity contribution in [2.45, 2.75) is 18.3 Å². The molecule has 0 aromatic heterocycles. The highest BCUT2D eigenvalue weighted by atomic mass is 16.4. The zero-order valence-electron chi connectivity index (χ0n) is 8.16. The summed E-state index contributed by atoms with van der Waals surface area (Å²) in [5.74, 6) is -0.789. The SMILES string of the molecule is N=Cc1cc(C2(C(=O)O)CC2)ccc1N. The number of hydrogen-bond donors (Lipinski definition) is 3. The molecule has 0 bridgehead atoms. The molecule has 0 heterocycles. The fourth-order valence-electron chi connectivity index (χ4n) is 1.75. The van der Waals surface area contributed by atoms with Crippen LogP contribution >= 0.6 is 0 Å². The molecule has 0 aliphatic heterocycles. The molecule has 0 spiro atoms. The molecule has 1 aromatic rings. The number of nitrogen functional groups attached to an aromatic ring is 1. The minimum atomic E-state index is -0.789. The van der Waals surface area contributed by atoms with Crippen LogP contribution in [0.25, 0.3) is 0 Å². The van der Waals surface area contributed by atoms with Gasteiger partial charge < -0.3 is 16.2 Å². The van der Waals surface area contributed by atoms with Crippen LogP contribution in [0.4, 0.5) is 5.69 Å². The Bertz CT molecular complexity index is 436. The van der Waals surface area contributed by atoms with Gasteiger partial charge in [0.25, 0.3) is 0 Å². The van der Waals surface area contributed by atoms with Crippen LogP contribution in [0, 0.1) is 5.41 Å². The molecule has 15 heavy (non-hydrogen) atoms. The van der Waals surface area contributed by atoms with Crippen molar-refractivity contribution in [3.05, 3.63) is 29.3 Å². The number of carbonyl (C=O) groups is 1. The van der Waals surface area contributed by atoms with Gasteiger partial charge in [-0.05, 0) is 30.5 Å². The standard InChI is InChI=1S/C11H12N2O2/c12-6-7-5-8(1-2-9(7)13)11(3-4-11)10(14)15/h1-2,5-6,12H,3-4,13H2,(H,14,15). The Hall–Kier alpha value is -1.84. The summed E-state index contributed by atoms with van der Waals surface area (Å²) in [4.78, 5) is 11.1. The van der Waals surface area contributed by atoms with Gasteiger partial charge in [-0.2, -0.15) is 0 Å². The van der Waals surface area contributed by atoms with Crippen molar-refractivity contribution in [1.29, 1.82) is 5.41 Å². The fraction of sp³-hybridized carbons (Fsp3) is 0.273. The molecule has 0 atom stereocenters. The summed E-state index contributed by atoms with van der Waals surface area (Å²) in [6.45, 7) is 0. The van der Waals surface area contributed by atoms with Crippen molar-refractivity contribution >= 4 is 17.9 Å². The highest BCUT2D eigenvalue weighted by Crippen LogP contribution is 2.48. The Kier molecular flexibility index (Phi) is 2.00. The van der Waals surface area contributed by atoms with Crippen LogP contribution in [0.3, 0.4) is 0 Å². The van der Waals surface area contributed by atoms with E-state index in [1.165, 1.54) is 0 Å². The third-order valence-electron chi connectivity index (χ3n) is 2.95. The van der Waals surface area contributed by atoms with Crippen molar-refractivity contribution < 1.29 is 9.90 Å². The summed E-state index contributed by atoms with van der Waals surface area (Å²) in [5.41, 5.74) is 6.77. The van der Waals surface area contributed by atoms with Gasteiger partial charge in [0.1, 0.15) is 0 Å². The topological polar surface area (TPSA) is 87.2 Å². The third-order valence-corrected chi connectivity index (χ3v) is 2.95. The van der Waals surface area contributed by atoms with Crippen LogP contribution in [0.1, 0.15) is 24.0 Å². The Morgan fingerprint density at radius 2 is 2.20 bits per heavy atom. The first kappa shape index (κ1) is 9.71. The van der Waals surface area contributed by atoms with Crippen LogP contribution in [-0.2, 0) is 10.2 Å². The van der Waals surface area contributed by atoms with Gasteiger partial charge in [0.05, 0.1) is 5.41 Å². The van der Waals surface area contributed by atoms with Crippen LogP contribution in [0.2, 0.25) is 0 Å². The number of rotatable bonds is 3. The lowest BCUT2D eigenvalue weighted by atomic mass is 9.94. The largest absolute Gasteiger partial charge is 0.481 e. The van der Waals surface area contributed by atoms with Gasteiger partial charge in [0.15, 0.2) is 0 Å². The first-order valence-electron chi connectivity index (χ1n) is 4.74. The van der Waals surface area contributed by atoms with E-state index in [-0.39, 0.29) is 0 Å². The second kappa shape index (κ2) is 3.08. The van der Waals surface area contributed by atoms with Crippen LogP contribution < -0.4 is 5.73 Å². The molecule has 0 unspecified atom stereocenters. The second-order valence-electron chi connectivity index (χ2n) is 3.88. The Morgan fingerprint density at radius 3 is 2.67 bits per heavy atom. The van der Waals surface area contributed by atoms with E-state index in [0.29, 0.717) is 24.1 Å². The normalized spacial score (nSPS) is 17.1. The summed E-state index contributed by atoms with van der Waals surface area (Å²) in [6.07, 6.45) is 2.49. The third kappa shape index (κ3) is 1.38. The van der Waals surface area contributed by atoms with E-state index in [1.54, 1.807) is 18.2 Å². The number of aliphatic carboxylic acids is 1. The van der Waals surface area contributed by atoms with Crippen LogP contribution in [0.15, 0.2) is 18.2 Å². The molecule has 0 amide bonds. The van der Waals surface area contributed by atoms with Crippen molar-refractivity contribution in [1.82, 2.24) is 0 Å². The monoisotopic (exact) mass is 204 g/mol. The van der Waals surface area contributed by atoms with E-state index >= 15 is 0 Å². The summed E-state index contributed by atoms with van der Waals surface area (Å²) < 4.78 is 0. The molecule has 1 aliphatic rings. The molecule has 0 saturated heterocycles. The van der Waals surface area contributed by atoms with Crippen molar-refractivity contribution in [3.63, 3.8) is 0 Å². The number of hydrogen-bond acceptors (Lipinski definition) is 3. The number of nitrogens with two attached hydrogens (primary N) is 1. The number of carboxylic acid groups (broad SMARTS) is 1. The van der Waals surface area contributed by atoms with Gasteiger partial charge in [-0.25, -0.2) is 0 Å². The molecule has 2 rings (SSSR count). The summed E-state index contributed by atoms with van der Waals surface area (Å²) >= 11 is 0. The van der Waals surface area contributed by atoms with E-state index in [4.69, 9.17) is 16.2 Å². The smallest absolute Gasteiger partial charge is 0.314 e. The van der Waals surface area contributed by atoms with Gasteiger partial charge in [-0.1, -0.05) is 6.07 Å². The Morgan fingerprint density at radius 1 is 1.53 bits per heavy atom. The second-order valence-corrected chi connectivity index (χ2v) is 3.88. The predicted molar refractivity (Wildman–Crippen MR) is 57.3 cm³/mol. The lowest BCUT2D eigenvalue weighted by Gasteiger charge is -2.11. The summed E-state index contributed by atoms with van der Waals surface area (Å²) in [5, 5.41) is 16.3. The lowest BCUT2D eigenvalue weighted by molar-refractivity contribution is -0.140. The average Bonchev–Trinajstić information content (AvgIpc) is 2.99. The van der Waals surface area contributed by atoms with Gasteiger partial charge in [-0.3, -0.25) is 4.79 Å². The maximum absolute atomic E-state index is 11.1. The summed E-state index contributed by atoms with van der Waals surface area (Å²) in [6, 6.07) is 5.10. The fourth-order valence-corrected chi connectivity index (χ4v) is 1.75. The van der Waals surface area contributed by atoms with E-state index in [9.17, 15) is 4.79 Å². The molecule has 4 N–H and O–H groups in total. The quantitative estimate of drug-likeness (QED) is 0.513. The molecule has 1 saturated carbocycles. The van der Waals surface area contributed by atoms with Crippen LogP contribution in [-0.4, -0.2) is 17.3 Å².